The number of imide groups is 1. The summed E-state index contributed by atoms with van der Waals surface area (Å²) in [6, 6.07) is -0.724. The first kappa shape index (κ1) is 19.6. The van der Waals surface area contributed by atoms with E-state index in [1.165, 1.54) is 11.8 Å². The van der Waals surface area contributed by atoms with Gasteiger partial charge in [-0.25, -0.2) is 4.79 Å². The molecule has 2 rings (SSSR count). The van der Waals surface area contributed by atoms with Gasteiger partial charge in [0.05, 0.1) is 0 Å². The molecular weight excluding hydrogens is 352 g/mol. The molecule has 2 aliphatic heterocycles. The van der Waals surface area contributed by atoms with Gasteiger partial charge in [0, 0.05) is 33.7 Å². The van der Waals surface area contributed by atoms with Crippen LogP contribution in [0.3, 0.4) is 0 Å². The number of amides is 3. The minimum Gasteiger partial charge on any atom is -0.463 e. The van der Waals surface area contributed by atoms with Crippen LogP contribution in [0, 0.1) is 0 Å². The van der Waals surface area contributed by atoms with E-state index >= 15 is 0 Å². The number of carbonyl (C=O) groups excluding carboxylic acids is 5. The molecule has 11 nitrogen and oxygen atoms in total. The van der Waals surface area contributed by atoms with Gasteiger partial charge in [0.25, 0.3) is 0 Å². The monoisotopic (exact) mass is 372 g/mol. The molecule has 0 aromatic rings. The molecular formula is C15H20N2O9. The minimum atomic E-state index is -1.14. The average molecular weight is 372 g/mol. The molecule has 144 valence electrons. The quantitative estimate of drug-likeness (QED) is 0.479. The van der Waals surface area contributed by atoms with Crippen molar-refractivity contribution >= 4 is 29.8 Å². The zero-order valence-electron chi connectivity index (χ0n) is 14.6. The summed E-state index contributed by atoms with van der Waals surface area (Å²) in [5.41, 5.74) is 0. The molecule has 0 bridgehead atoms. The van der Waals surface area contributed by atoms with Crippen molar-refractivity contribution in [3.05, 3.63) is 0 Å². The van der Waals surface area contributed by atoms with E-state index in [9.17, 15) is 24.0 Å². The molecule has 0 aromatic carbocycles. The summed E-state index contributed by atoms with van der Waals surface area (Å²) in [4.78, 5) is 58.6. The predicted molar refractivity (Wildman–Crippen MR) is 81.3 cm³/mol. The second-order valence-corrected chi connectivity index (χ2v) is 5.81. The summed E-state index contributed by atoms with van der Waals surface area (Å²) in [6.45, 7) is 3.27. The molecule has 2 aliphatic rings. The van der Waals surface area contributed by atoms with Gasteiger partial charge in [-0.3, -0.25) is 29.4 Å². The normalized spacial score (nSPS) is 28.3. The second kappa shape index (κ2) is 8.13. The fraction of sp³-hybridized carbons (Fsp3) is 0.667. The largest absolute Gasteiger partial charge is 0.463 e. The number of hydrogen-bond acceptors (Lipinski definition) is 9. The van der Waals surface area contributed by atoms with Crippen molar-refractivity contribution in [3.63, 3.8) is 0 Å². The Morgan fingerprint density at radius 2 is 1.69 bits per heavy atom. The number of nitrogens with one attached hydrogen (secondary N) is 1. The van der Waals surface area contributed by atoms with Gasteiger partial charge in [-0.15, -0.1) is 0 Å². The van der Waals surface area contributed by atoms with Crippen LogP contribution in [0.2, 0.25) is 0 Å². The lowest BCUT2D eigenvalue weighted by atomic mass is 10.1. The van der Waals surface area contributed by atoms with Crippen LogP contribution in [0.5, 0.6) is 0 Å². The molecule has 26 heavy (non-hydrogen) atoms. The first-order valence-corrected chi connectivity index (χ1v) is 7.92. The standard InChI is InChI=1S/C15H20N2O9/c1-7(18)23-6-10-12(24-8(2)19)13(25-9(3)20)14(26-10)17-5-4-11(21)16-15(17)22/h10,12-14H,4-6H2,1-3H3,(H,16,21,22)/t10-,12-,13-,14-/m0/s1. The van der Waals surface area contributed by atoms with Crippen LogP contribution in [0.1, 0.15) is 27.2 Å². The number of urea groups is 1. The van der Waals surface area contributed by atoms with E-state index in [4.69, 9.17) is 18.9 Å². The van der Waals surface area contributed by atoms with Crippen molar-refractivity contribution in [1.82, 2.24) is 10.2 Å². The van der Waals surface area contributed by atoms with Gasteiger partial charge < -0.3 is 18.9 Å². The molecule has 2 heterocycles. The van der Waals surface area contributed by atoms with Crippen LogP contribution < -0.4 is 5.32 Å². The lowest BCUT2D eigenvalue weighted by Crippen LogP contribution is -2.57. The van der Waals surface area contributed by atoms with Crippen molar-refractivity contribution in [3.8, 4) is 0 Å². The molecule has 0 unspecified atom stereocenters. The molecule has 4 atom stereocenters. The Bertz CT molecular complexity index is 620. The van der Waals surface area contributed by atoms with Crippen molar-refractivity contribution in [1.29, 1.82) is 0 Å². The summed E-state index contributed by atoms with van der Waals surface area (Å²) in [6.07, 6.45) is -4.27. The van der Waals surface area contributed by atoms with Crippen LogP contribution in [-0.4, -0.2) is 72.4 Å². The summed E-state index contributed by atoms with van der Waals surface area (Å²) >= 11 is 0. The van der Waals surface area contributed by atoms with E-state index in [-0.39, 0.29) is 19.6 Å². The highest BCUT2D eigenvalue weighted by molar-refractivity contribution is 5.96. The third-order valence-electron chi connectivity index (χ3n) is 3.73. The van der Waals surface area contributed by atoms with Crippen LogP contribution in [0.25, 0.3) is 0 Å². The molecule has 1 N–H and O–H groups in total. The van der Waals surface area contributed by atoms with E-state index in [0.717, 1.165) is 13.8 Å². The Morgan fingerprint density at radius 3 is 2.23 bits per heavy atom. The topological polar surface area (TPSA) is 138 Å². The number of nitrogens with zero attached hydrogens (tertiary/aromatic N) is 1. The van der Waals surface area contributed by atoms with Gasteiger partial charge in [-0.05, 0) is 0 Å². The first-order chi connectivity index (χ1) is 12.2. The maximum absolute atomic E-state index is 12.1. The maximum Gasteiger partial charge on any atom is 0.326 e. The lowest BCUT2D eigenvalue weighted by Gasteiger charge is -2.34. The number of esters is 3. The fourth-order valence-electron chi connectivity index (χ4n) is 2.76. The van der Waals surface area contributed by atoms with Gasteiger partial charge in [0.2, 0.25) is 5.91 Å². The zero-order valence-corrected chi connectivity index (χ0v) is 14.6. The Balaban J connectivity index is 2.27. The second-order valence-electron chi connectivity index (χ2n) is 5.81. The van der Waals surface area contributed by atoms with Crippen LogP contribution in [0.15, 0.2) is 0 Å². The predicted octanol–water partition coefficient (Wildman–Crippen LogP) is -0.920. The molecule has 3 amide bonds. The maximum atomic E-state index is 12.1. The molecule has 2 fully saturated rings. The van der Waals surface area contributed by atoms with E-state index in [1.807, 2.05) is 0 Å². The lowest BCUT2D eigenvalue weighted by molar-refractivity contribution is -0.167. The van der Waals surface area contributed by atoms with Crippen molar-refractivity contribution in [2.24, 2.45) is 0 Å². The number of hydrogen-bond donors (Lipinski definition) is 1. The number of carbonyl (C=O) groups is 5. The SMILES string of the molecule is CC(=O)OC[C@@H]1O[C@H](N2CCC(=O)NC2=O)[C@@H](OC(C)=O)[C@H]1OC(C)=O. The Morgan fingerprint density at radius 1 is 1.08 bits per heavy atom. The van der Waals surface area contributed by atoms with Crippen LogP contribution >= 0.6 is 0 Å². The number of ether oxygens (including phenoxy) is 4. The summed E-state index contributed by atoms with van der Waals surface area (Å²) in [7, 11) is 0. The summed E-state index contributed by atoms with van der Waals surface area (Å²) in [5.74, 6) is -2.37. The van der Waals surface area contributed by atoms with E-state index in [1.54, 1.807) is 0 Å². The van der Waals surface area contributed by atoms with E-state index in [2.05, 4.69) is 5.32 Å². The van der Waals surface area contributed by atoms with Gasteiger partial charge in [-0.2, -0.15) is 0 Å². The molecule has 11 heteroatoms. The highest BCUT2D eigenvalue weighted by atomic mass is 16.7. The fourth-order valence-corrected chi connectivity index (χ4v) is 2.76. The third kappa shape index (κ3) is 4.69. The van der Waals surface area contributed by atoms with Crippen molar-refractivity contribution in [2.75, 3.05) is 13.2 Å². The van der Waals surface area contributed by atoms with Gasteiger partial charge in [-0.1, -0.05) is 0 Å². The highest BCUT2D eigenvalue weighted by Crippen LogP contribution is 2.30. The van der Waals surface area contributed by atoms with Crippen molar-refractivity contribution < 1.29 is 42.9 Å². The third-order valence-corrected chi connectivity index (χ3v) is 3.73. The van der Waals surface area contributed by atoms with E-state index < -0.39 is 54.4 Å². The summed E-state index contributed by atoms with van der Waals surface area (Å²) in [5, 5.41) is 2.14. The Hall–Kier alpha value is -2.69. The van der Waals surface area contributed by atoms with Crippen LogP contribution in [-0.2, 0) is 38.1 Å². The molecule has 0 aromatic heterocycles. The molecule has 0 saturated carbocycles. The van der Waals surface area contributed by atoms with Gasteiger partial charge in [0.1, 0.15) is 12.7 Å². The zero-order chi connectivity index (χ0) is 19.4. The highest BCUT2D eigenvalue weighted by Gasteiger charge is 2.53. The summed E-state index contributed by atoms with van der Waals surface area (Å²) < 4.78 is 21.0. The number of rotatable bonds is 5. The molecule has 0 spiro atoms. The van der Waals surface area contributed by atoms with E-state index in [0.29, 0.717) is 0 Å². The molecule has 2 saturated heterocycles. The van der Waals surface area contributed by atoms with Crippen LogP contribution in [0.4, 0.5) is 4.79 Å². The van der Waals surface area contributed by atoms with Gasteiger partial charge >= 0.3 is 23.9 Å². The first-order valence-electron chi connectivity index (χ1n) is 7.92. The minimum absolute atomic E-state index is 0.0280. The average Bonchev–Trinajstić information content (AvgIpc) is 2.82. The smallest absolute Gasteiger partial charge is 0.326 e. The van der Waals surface area contributed by atoms with Crippen molar-refractivity contribution in [2.45, 2.75) is 51.7 Å². The van der Waals surface area contributed by atoms with Gasteiger partial charge in [0.15, 0.2) is 18.4 Å². The molecule has 0 aliphatic carbocycles. The Labute approximate surface area is 148 Å². The Kier molecular flexibility index (Phi) is 6.14. The molecule has 0 radical (unpaired) electrons.